The molecule has 3 aromatic rings. The minimum atomic E-state index is -0.418. The van der Waals surface area contributed by atoms with Crippen molar-refractivity contribution in [2.45, 2.75) is 24.0 Å². The van der Waals surface area contributed by atoms with Crippen molar-refractivity contribution in [2.24, 2.45) is 0 Å². The van der Waals surface area contributed by atoms with Gasteiger partial charge in [-0.1, -0.05) is 0 Å². The molecule has 0 saturated heterocycles. The van der Waals surface area contributed by atoms with Crippen LogP contribution >= 0.6 is 11.9 Å². The molecule has 1 N–H and O–H groups in total. The first kappa shape index (κ1) is 22.5. The summed E-state index contributed by atoms with van der Waals surface area (Å²) in [6.45, 7) is 2.09. The molecular formula is C22H25FN6O2S. The van der Waals surface area contributed by atoms with E-state index in [9.17, 15) is 4.39 Å². The van der Waals surface area contributed by atoms with Crippen LogP contribution in [-0.2, 0) is 15.9 Å². The number of aromatic nitrogens is 4. The molecule has 1 unspecified atom stereocenters. The molecular weight excluding hydrogens is 431 g/mol. The first-order chi connectivity index (χ1) is 15.7. The summed E-state index contributed by atoms with van der Waals surface area (Å²) in [5.74, 6) is 0.672. The second-order valence-corrected chi connectivity index (χ2v) is 8.15. The monoisotopic (exact) mass is 456 g/mol. The van der Waals surface area contributed by atoms with E-state index in [2.05, 4.69) is 24.7 Å². The zero-order chi connectivity index (χ0) is 22.3. The lowest BCUT2D eigenvalue weighted by Crippen LogP contribution is -2.37. The van der Waals surface area contributed by atoms with Gasteiger partial charge in [0.15, 0.2) is 17.9 Å². The lowest BCUT2D eigenvalue weighted by atomic mass is 10.0. The number of nitrogens with one attached hydrogen (secondary N) is 1. The van der Waals surface area contributed by atoms with Crippen LogP contribution in [0.1, 0.15) is 23.9 Å². The van der Waals surface area contributed by atoms with Crippen LogP contribution in [-0.4, -0.2) is 53.9 Å². The average Bonchev–Trinajstić information content (AvgIpc) is 2.83. The van der Waals surface area contributed by atoms with Gasteiger partial charge in [0.05, 0.1) is 5.69 Å². The standard InChI is InChI=1S/C22H25FN6O2S/c1-30-10-4-8-27-32-17-12-15(23)11-16(13-17)29-9-5-19-18(22(29)31-2)14-26-21(28-19)20-24-6-3-7-25-20/h3,6-7,11-14,22,27H,4-5,8-10H2,1-2H3. The van der Waals surface area contributed by atoms with Gasteiger partial charge in [0.2, 0.25) is 0 Å². The van der Waals surface area contributed by atoms with Crippen LogP contribution in [0.3, 0.4) is 0 Å². The maximum atomic E-state index is 14.4. The molecule has 0 spiro atoms. The van der Waals surface area contributed by atoms with Crippen LogP contribution in [0.2, 0.25) is 0 Å². The van der Waals surface area contributed by atoms with Gasteiger partial charge in [0.1, 0.15) is 5.82 Å². The Kier molecular flexibility index (Phi) is 7.59. The minimum absolute atomic E-state index is 0.294. The number of ether oxygens (including phenoxy) is 2. The summed E-state index contributed by atoms with van der Waals surface area (Å²) < 4.78 is 28.5. The number of halogens is 1. The van der Waals surface area contributed by atoms with E-state index in [0.717, 1.165) is 34.8 Å². The number of rotatable bonds is 9. The Hall–Kier alpha value is -2.66. The second kappa shape index (κ2) is 10.8. The van der Waals surface area contributed by atoms with Gasteiger partial charge in [-0.15, -0.1) is 0 Å². The molecule has 2 aromatic heterocycles. The molecule has 1 aliphatic rings. The number of benzene rings is 1. The molecule has 0 saturated carbocycles. The Bertz CT molecular complexity index is 1040. The molecule has 1 atom stereocenters. The van der Waals surface area contributed by atoms with Crippen molar-refractivity contribution in [3.63, 3.8) is 0 Å². The highest BCUT2D eigenvalue weighted by molar-refractivity contribution is 7.97. The van der Waals surface area contributed by atoms with Crippen LogP contribution in [0.5, 0.6) is 0 Å². The second-order valence-electron chi connectivity index (χ2n) is 7.19. The topological polar surface area (TPSA) is 85.3 Å². The number of anilines is 1. The first-order valence-electron chi connectivity index (χ1n) is 10.3. The van der Waals surface area contributed by atoms with Gasteiger partial charge in [-0.2, -0.15) is 0 Å². The molecule has 168 valence electrons. The zero-order valence-corrected chi connectivity index (χ0v) is 18.8. The largest absolute Gasteiger partial charge is 0.385 e. The predicted molar refractivity (Wildman–Crippen MR) is 121 cm³/mol. The Balaban J connectivity index is 1.54. The summed E-state index contributed by atoms with van der Waals surface area (Å²) >= 11 is 1.41. The third-order valence-corrected chi connectivity index (χ3v) is 5.85. The summed E-state index contributed by atoms with van der Waals surface area (Å²) in [6, 6.07) is 6.76. The summed E-state index contributed by atoms with van der Waals surface area (Å²) in [7, 11) is 3.31. The number of hydrogen-bond donors (Lipinski definition) is 1. The minimum Gasteiger partial charge on any atom is -0.385 e. The van der Waals surface area contributed by atoms with E-state index in [0.29, 0.717) is 31.2 Å². The van der Waals surface area contributed by atoms with E-state index in [-0.39, 0.29) is 5.82 Å². The molecule has 0 fully saturated rings. The van der Waals surface area contributed by atoms with Crippen molar-refractivity contribution in [1.29, 1.82) is 0 Å². The number of methoxy groups -OCH3 is 2. The van der Waals surface area contributed by atoms with Crippen LogP contribution in [0.15, 0.2) is 47.8 Å². The smallest absolute Gasteiger partial charge is 0.197 e. The third-order valence-electron chi connectivity index (χ3n) is 5.03. The zero-order valence-electron chi connectivity index (χ0n) is 18.0. The Morgan fingerprint density at radius 1 is 1.16 bits per heavy atom. The molecule has 3 heterocycles. The summed E-state index contributed by atoms with van der Waals surface area (Å²) in [4.78, 5) is 20.4. The highest BCUT2D eigenvalue weighted by atomic mass is 32.2. The molecule has 0 amide bonds. The van der Waals surface area contributed by atoms with Crippen molar-refractivity contribution in [2.75, 3.05) is 38.8 Å². The van der Waals surface area contributed by atoms with Crippen LogP contribution in [0.25, 0.3) is 11.6 Å². The van der Waals surface area contributed by atoms with Crippen LogP contribution < -0.4 is 9.62 Å². The van der Waals surface area contributed by atoms with Crippen molar-refractivity contribution in [3.8, 4) is 11.6 Å². The molecule has 0 radical (unpaired) electrons. The fourth-order valence-electron chi connectivity index (χ4n) is 3.58. The molecule has 8 nitrogen and oxygen atoms in total. The molecule has 1 aromatic carbocycles. The van der Waals surface area contributed by atoms with Crippen molar-refractivity contribution >= 4 is 17.6 Å². The Morgan fingerprint density at radius 2 is 2.00 bits per heavy atom. The SMILES string of the molecule is COCCCNSc1cc(F)cc(N2CCc3nc(-c4ncccn4)ncc3C2OC)c1. The Labute approximate surface area is 190 Å². The molecule has 4 rings (SSSR count). The quantitative estimate of drug-likeness (QED) is 0.384. The summed E-state index contributed by atoms with van der Waals surface area (Å²) in [5, 5.41) is 0. The van der Waals surface area contributed by atoms with E-state index in [4.69, 9.17) is 9.47 Å². The summed E-state index contributed by atoms with van der Waals surface area (Å²) in [5.41, 5.74) is 2.49. The molecule has 0 bridgehead atoms. The van der Waals surface area contributed by atoms with Gasteiger partial charge in [-0.3, -0.25) is 4.72 Å². The normalized spacial score (nSPS) is 15.6. The van der Waals surface area contributed by atoms with Gasteiger partial charge >= 0.3 is 0 Å². The van der Waals surface area contributed by atoms with Gasteiger partial charge in [-0.05, 0) is 42.6 Å². The molecule has 10 heteroatoms. The predicted octanol–water partition coefficient (Wildman–Crippen LogP) is 3.41. The summed E-state index contributed by atoms with van der Waals surface area (Å²) in [6.07, 6.45) is 6.22. The maximum absolute atomic E-state index is 14.4. The van der Waals surface area contributed by atoms with Gasteiger partial charge in [0.25, 0.3) is 0 Å². The van der Waals surface area contributed by atoms with Crippen molar-refractivity contribution in [3.05, 3.63) is 59.9 Å². The van der Waals surface area contributed by atoms with E-state index < -0.39 is 6.23 Å². The molecule has 0 aliphatic carbocycles. The van der Waals surface area contributed by atoms with Gasteiger partial charge in [-0.25, -0.2) is 24.3 Å². The van der Waals surface area contributed by atoms with Gasteiger partial charge < -0.3 is 14.4 Å². The van der Waals surface area contributed by atoms with E-state index in [1.807, 2.05) is 11.0 Å². The molecule has 1 aliphatic heterocycles. The highest BCUT2D eigenvalue weighted by Gasteiger charge is 2.30. The van der Waals surface area contributed by atoms with E-state index in [1.54, 1.807) is 38.9 Å². The van der Waals surface area contributed by atoms with E-state index in [1.165, 1.54) is 24.1 Å². The van der Waals surface area contributed by atoms with Crippen LogP contribution in [0.4, 0.5) is 10.1 Å². The van der Waals surface area contributed by atoms with Crippen molar-refractivity contribution < 1.29 is 13.9 Å². The number of hydrogen-bond acceptors (Lipinski definition) is 9. The van der Waals surface area contributed by atoms with E-state index >= 15 is 0 Å². The fourth-order valence-corrected chi connectivity index (χ4v) is 4.35. The highest BCUT2D eigenvalue weighted by Crippen LogP contribution is 2.35. The lowest BCUT2D eigenvalue weighted by Gasteiger charge is -2.37. The number of fused-ring (bicyclic) bond motifs is 1. The number of nitrogens with zero attached hydrogens (tertiary/aromatic N) is 5. The lowest BCUT2D eigenvalue weighted by molar-refractivity contribution is 0.0933. The average molecular weight is 457 g/mol. The maximum Gasteiger partial charge on any atom is 0.197 e. The fraction of sp³-hybridized carbons (Fsp3) is 0.364. The Morgan fingerprint density at radius 3 is 2.78 bits per heavy atom. The third kappa shape index (κ3) is 5.21. The first-order valence-corrected chi connectivity index (χ1v) is 11.1. The van der Waals surface area contributed by atoms with Gasteiger partial charge in [0, 0.05) is 75.1 Å². The molecule has 32 heavy (non-hydrogen) atoms. The van der Waals surface area contributed by atoms with Crippen LogP contribution in [0, 0.1) is 5.82 Å². The van der Waals surface area contributed by atoms with Crippen molar-refractivity contribution in [1.82, 2.24) is 24.7 Å².